The molecule has 0 aliphatic heterocycles. The molecule has 0 radical (unpaired) electrons. The molecule has 6 heteroatoms. The third kappa shape index (κ3) is 2.31. The van der Waals surface area contributed by atoms with Gasteiger partial charge in [-0.25, -0.2) is 9.50 Å². The fourth-order valence-corrected chi connectivity index (χ4v) is 3.16. The van der Waals surface area contributed by atoms with E-state index >= 15 is 0 Å². The average molecular weight is 298 g/mol. The Morgan fingerprint density at radius 1 is 1.29 bits per heavy atom. The molecular formula is C15H14N4OS. The summed E-state index contributed by atoms with van der Waals surface area (Å²) in [6.07, 6.45) is 5.03. The van der Waals surface area contributed by atoms with Gasteiger partial charge in [0, 0.05) is 11.5 Å². The number of hydrogen-bond acceptors (Lipinski definition) is 4. The monoisotopic (exact) mass is 298 g/mol. The van der Waals surface area contributed by atoms with E-state index in [2.05, 4.69) is 15.4 Å². The molecule has 1 fully saturated rings. The minimum Gasteiger partial charge on any atom is -0.300 e. The van der Waals surface area contributed by atoms with Gasteiger partial charge >= 0.3 is 0 Å². The molecule has 2 heterocycles. The van der Waals surface area contributed by atoms with E-state index in [1.165, 1.54) is 11.3 Å². The van der Waals surface area contributed by atoms with E-state index in [9.17, 15) is 4.79 Å². The van der Waals surface area contributed by atoms with Gasteiger partial charge in [0.25, 0.3) is 0 Å². The highest BCUT2D eigenvalue weighted by Crippen LogP contribution is 2.29. The second-order valence-electron chi connectivity index (χ2n) is 5.24. The van der Waals surface area contributed by atoms with Gasteiger partial charge in [0.2, 0.25) is 16.0 Å². The lowest BCUT2D eigenvalue weighted by Crippen LogP contribution is -2.28. The van der Waals surface area contributed by atoms with Crippen molar-refractivity contribution in [3.8, 4) is 11.3 Å². The molecular weight excluding hydrogens is 284 g/mol. The maximum absolute atomic E-state index is 11.9. The maximum atomic E-state index is 11.9. The predicted octanol–water partition coefficient (Wildman–Crippen LogP) is 3.20. The van der Waals surface area contributed by atoms with Gasteiger partial charge in [-0.1, -0.05) is 48.1 Å². The first-order valence-electron chi connectivity index (χ1n) is 7.02. The molecule has 3 aromatic rings. The summed E-state index contributed by atoms with van der Waals surface area (Å²) in [5.74, 6) is 0.252. The normalized spacial score (nSPS) is 15.0. The number of imidazole rings is 1. The third-order valence-electron chi connectivity index (χ3n) is 3.82. The molecule has 1 N–H and O–H groups in total. The second kappa shape index (κ2) is 4.96. The molecule has 1 saturated carbocycles. The Morgan fingerprint density at radius 3 is 2.76 bits per heavy atom. The Labute approximate surface area is 125 Å². The van der Waals surface area contributed by atoms with Crippen LogP contribution >= 0.6 is 11.3 Å². The zero-order valence-corrected chi connectivity index (χ0v) is 12.1. The number of carbonyl (C=O) groups is 1. The number of fused-ring (bicyclic) bond motifs is 1. The molecule has 5 nitrogen and oxygen atoms in total. The SMILES string of the molecule is O=C(Nc1nn2cc(-c3ccccc3)nc2s1)C1CCC1. The first-order valence-corrected chi connectivity index (χ1v) is 7.84. The van der Waals surface area contributed by atoms with E-state index < -0.39 is 0 Å². The van der Waals surface area contributed by atoms with Crippen LogP contribution in [0.3, 0.4) is 0 Å². The van der Waals surface area contributed by atoms with Gasteiger partial charge in [0.1, 0.15) is 0 Å². The van der Waals surface area contributed by atoms with Crippen molar-refractivity contribution in [2.24, 2.45) is 5.92 Å². The molecule has 0 bridgehead atoms. The Morgan fingerprint density at radius 2 is 2.10 bits per heavy atom. The van der Waals surface area contributed by atoms with Crippen molar-refractivity contribution >= 4 is 27.3 Å². The molecule has 4 rings (SSSR count). The largest absolute Gasteiger partial charge is 0.300 e. The number of nitrogens with one attached hydrogen (secondary N) is 1. The molecule has 0 spiro atoms. The molecule has 1 amide bonds. The Balaban J connectivity index is 1.57. The van der Waals surface area contributed by atoms with Crippen LogP contribution in [0.2, 0.25) is 0 Å². The predicted molar refractivity (Wildman–Crippen MR) is 82.3 cm³/mol. The number of amides is 1. The minimum absolute atomic E-state index is 0.0848. The fourth-order valence-electron chi connectivity index (χ4n) is 2.38. The van der Waals surface area contributed by atoms with Crippen LogP contribution in [0.1, 0.15) is 19.3 Å². The Hall–Kier alpha value is -2.21. The summed E-state index contributed by atoms with van der Waals surface area (Å²) >= 11 is 1.40. The van der Waals surface area contributed by atoms with E-state index in [1.54, 1.807) is 4.52 Å². The van der Waals surface area contributed by atoms with Crippen LogP contribution in [0.4, 0.5) is 5.13 Å². The maximum Gasteiger partial charge on any atom is 0.229 e. The fraction of sp³-hybridized carbons (Fsp3) is 0.267. The molecule has 0 saturated heterocycles. The highest BCUT2D eigenvalue weighted by molar-refractivity contribution is 7.20. The van der Waals surface area contributed by atoms with Gasteiger partial charge in [-0.15, -0.1) is 5.10 Å². The number of carbonyl (C=O) groups excluding carboxylic acids is 1. The summed E-state index contributed by atoms with van der Waals surface area (Å²) in [5.41, 5.74) is 1.96. The average Bonchev–Trinajstić information content (AvgIpc) is 2.95. The van der Waals surface area contributed by atoms with Gasteiger partial charge in [-0.3, -0.25) is 4.79 Å². The third-order valence-corrected chi connectivity index (χ3v) is 4.66. The minimum atomic E-state index is 0.0848. The number of rotatable bonds is 3. The van der Waals surface area contributed by atoms with Gasteiger partial charge in [-0.2, -0.15) is 0 Å². The lowest BCUT2D eigenvalue weighted by molar-refractivity contribution is -0.122. The van der Waals surface area contributed by atoms with Gasteiger partial charge in [0.15, 0.2) is 0 Å². The Kier molecular flexibility index (Phi) is 2.96. The van der Waals surface area contributed by atoms with Crippen molar-refractivity contribution in [3.63, 3.8) is 0 Å². The first-order chi connectivity index (χ1) is 10.3. The van der Waals surface area contributed by atoms with Gasteiger partial charge in [-0.05, 0) is 12.8 Å². The highest BCUT2D eigenvalue weighted by Gasteiger charge is 2.26. The van der Waals surface area contributed by atoms with Crippen LogP contribution in [-0.4, -0.2) is 20.5 Å². The quantitative estimate of drug-likeness (QED) is 0.808. The molecule has 0 atom stereocenters. The van der Waals surface area contributed by atoms with Crippen LogP contribution in [-0.2, 0) is 4.79 Å². The number of aromatic nitrogens is 3. The van der Waals surface area contributed by atoms with Crippen molar-refractivity contribution in [3.05, 3.63) is 36.5 Å². The zero-order chi connectivity index (χ0) is 14.2. The molecule has 2 aromatic heterocycles. The smallest absolute Gasteiger partial charge is 0.229 e. The van der Waals surface area contributed by atoms with Crippen molar-refractivity contribution in [2.75, 3.05) is 5.32 Å². The van der Waals surface area contributed by atoms with Crippen molar-refractivity contribution in [1.29, 1.82) is 0 Å². The topological polar surface area (TPSA) is 59.3 Å². The van der Waals surface area contributed by atoms with Gasteiger partial charge in [0.05, 0.1) is 11.9 Å². The van der Waals surface area contributed by atoms with E-state index in [0.717, 1.165) is 35.5 Å². The van der Waals surface area contributed by atoms with Crippen molar-refractivity contribution < 1.29 is 4.79 Å². The van der Waals surface area contributed by atoms with E-state index in [4.69, 9.17) is 0 Å². The molecule has 106 valence electrons. The van der Waals surface area contributed by atoms with E-state index in [1.807, 2.05) is 36.5 Å². The number of nitrogens with zero attached hydrogens (tertiary/aromatic N) is 3. The van der Waals surface area contributed by atoms with Crippen LogP contribution in [0.25, 0.3) is 16.2 Å². The highest BCUT2D eigenvalue weighted by atomic mass is 32.1. The number of benzene rings is 1. The molecule has 0 unspecified atom stereocenters. The van der Waals surface area contributed by atoms with Crippen LogP contribution in [0, 0.1) is 5.92 Å². The number of hydrogen-bond donors (Lipinski definition) is 1. The summed E-state index contributed by atoms with van der Waals surface area (Å²) in [4.78, 5) is 17.3. The summed E-state index contributed by atoms with van der Waals surface area (Å²) < 4.78 is 1.73. The van der Waals surface area contributed by atoms with Crippen molar-refractivity contribution in [1.82, 2.24) is 14.6 Å². The first kappa shape index (κ1) is 12.5. The summed E-state index contributed by atoms with van der Waals surface area (Å²) in [6.45, 7) is 0. The lowest BCUT2D eigenvalue weighted by Gasteiger charge is -2.23. The van der Waals surface area contributed by atoms with E-state index in [-0.39, 0.29) is 11.8 Å². The van der Waals surface area contributed by atoms with E-state index in [0.29, 0.717) is 5.13 Å². The van der Waals surface area contributed by atoms with Crippen molar-refractivity contribution in [2.45, 2.75) is 19.3 Å². The number of anilines is 1. The molecule has 1 aliphatic rings. The summed E-state index contributed by atoms with van der Waals surface area (Å²) in [5, 5.41) is 7.89. The summed E-state index contributed by atoms with van der Waals surface area (Å²) in [7, 11) is 0. The zero-order valence-electron chi connectivity index (χ0n) is 11.3. The standard InChI is InChI=1S/C15H14N4OS/c20-13(11-7-4-8-11)17-14-18-19-9-12(16-15(19)21-14)10-5-2-1-3-6-10/h1-3,5-6,9,11H,4,7-8H2,(H,17,18,20). The molecule has 1 aromatic carbocycles. The summed E-state index contributed by atoms with van der Waals surface area (Å²) in [6, 6.07) is 9.99. The molecule has 21 heavy (non-hydrogen) atoms. The molecule has 1 aliphatic carbocycles. The second-order valence-corrected chi connectivity index (χ2v) is 6.20. The lowest BCUT2D eigenvalue weighted by atomic mass is 9.85. The van der Waals surface area contributed by atoms with Crippen LogP contribution in [0.5, 0.6) is 0 Å². The van der Waals surface area contributed by atoms with Crippen LogP contribution in [0.15, 0.2) is 36.5 Å². The van der Waals surface area contributed by atoms with Crippen LogP contribution < -0.4 is 5.32 Å². The Bertz CT molecular complexity index is 757. The van der Waals surface area contributed by atoms with Gasteiger partial charge < -0.3 is 5.32 Å².